The molecule has 0 spiro atoms. The van der Waals surface area contributed by atoms with Crippen LogP contribution in [-0.4, -0.2) is 41.1 Å². The predicted octanol–water partition coefficient (Wildman–Crippen LogP) is 2.94. The molecule has 1 fully saturated rings. The number of ether oxygens (including phenoxy) is 1. The number of nitrogens with zero attached hydrogens (tertiary/aromatic N) is 1. The van der Waals surface area contributed by atoms with Crippen molar-refractivity contribution in [1.29, 1.82) is 0 Å². The number of carbonyl (C=O) groups is 2. The Bertz CT molecular complexity index is 593. The average Bonchev–Trinajstić information content (AvgIpc) is 2.85. The smallest absolute Gasteiger partial charge is 0.308 e. The highest BCUT2D eigenvalue weighted by Crippen LogP contribution is 2.32. The minimum absolute atomic E-state index is 0.0802. The van der Waals surface area contributed by atoms with Crippen molar-refractivity contribution in [2.75, 3.05) is 13.1 Å². The molecule has 0 saturated carbocycles. The molecule has 0 aromatic heterocycles. The van der Waals surface area contributed by atoms with Crippen LogP contribution in [-0.2, 0) is 9.59 Å². The average molecular weight is 346 g/mol. The molecule has 1 unspecified atom stereocenters. The first-order chi connectivity index (χ1) is 10.3. The van der Waals surface area contributed by atoms with Crippen LogP contribution in [0.25, 0.3) is 0 Å². The zero-order valence-corrected chi connectivity index (χ0v) is 13.8. The Balaban J connectivity index is 2.04. The van der Waals surface area contributed by atoms with E-state index in [-0.39, 0.29) is 23.4 Å². The lowest BCUT2D eigenvalue weighted by Gasteiger charge is -2.22. The number of benzene rings is 1. The summed E-state index contributed by atoms with van der Waals surface area (Å²) in [6, 6.07) is 4.94. The number of carbonyl (C=O) groups excluding carboxylic acids is 1. The molecule has 1 saturated heterocycles. The lowest BCUT2D eigenvalue weighted by Crippen LogP contribution is -2.39. The quantitative estimate of drug-likeness (QED) is 0.910. The maximum atomic E-state index is 12.4. The maximum Gasteiger partial charge on any atom is 0.308 e. The summed E-state index contributed by atoms with van der Waals surface area (Å²) in [6.45, 7) is 4.04. The molecular formula is C15H17Cl2NO4. The summed E-state index contributed by atoms with van der Waals surface area (Å²) in [5, 5.41) is 9.72. The number of hydrogen-bond acceptors (Lipinski definition) is 3. The van der Waals surface area contributed by atoms with Gasteiger partial charge < -0.3 is 14.7 Å². The lowest BCUT2D eigenvalue weighted by molar-refractivity contribution is -0.142. The summed E-state index contributed by atoms with van der Waals surface area (Å²) >= 11 is 11.9. The summed E-state index contributed by atoms with van der Waals surface area (Å²) < 4.78 is 5.58. The lowest BCUT2D eigenvalue weighted by atomic mass is 9.99. The van der Waals surface area contributed by atoms with Crippen LogP contribution < -0.4 is 4.74 Å². The van der Waals surface area contributed by atoms with Crippen molar-refractivity contribution in [3.05, 3.63) is 28.2 Å². The predicted molar refractivity (Wildman–Crippen MR) is 83.4 cm³/mol. The molecule has 1 aromatic rings. The number of halogens is 2. The van der Waals surface area contributed by atoms with Gasteiger partial charge in [0.2, 0.25) is 0 Å². The first kappa shape index (κ1) is 16.9. The number of aliphatic carboxylic acids is 1. The molecule has 1 aromatic carbocycles. The highest BCUT2D eigenvalue weighted by molar-refractivity contribution is 6.42. The van der Waals surface area contributed by atoms with Gasteiger partial charge in [-0.15, -0.1) is 0 Å². The largest absolute Gasteiger partial charge is 0.481 e. The zero-order valence-electron chi connectivity index (χ0n) is 12.3. The van der Waals surface area contributed by atoms with E-state index in [2.05, 4.69) is 0 Å². The van der Waals surface area contributed by atoms with Gasteiger partial charge in [0.25, 0.3) is 5.91 Å². The Morgan fingerprint density at radius 3 is 2.64 bits per heavy atom. The molecular weight excluding hydrogens is 329 g/mol. The van der Waals surface area contributed by atoms with Crippen LogP contribution >= 0.6 is 23.2 Å². The van der Waals surface area contributed by atoms with Crippen molar-refractivity contribution in [1.82, 2.24) is 4.90 Å². The molecule has 120 valence electrons. The highest BCUT2D eigenvalue weighted by Gasteiger charge is 2.38. The summed E-state index contributed by atoms with van der Waals surface area (Å²) in [5.41, 5.74) is 0. The summed E-state index contributed by atoms with van der Waals surface area (Å²) in [4.78, 5) is 25.0. The molecule has 0 bridgehead atoms. The Morgan fingerprint density at radius 2 is 2.05 bits per heavy atom. The van der Waals surface area contributed by atoms with E-state index in [0.29, 0.717) is 17.3 Å². The van der Waals surface area contributed by atoms with Gasteiger partial charge in [-0.3, -0.25) is 9.59 Å². The van der Waals surface area contributed by atoms with E-state index in [1.165, 1.54) is 4.90 Å². The Labute approximate surface area is 138 Å². The highest BCUT2D eigenvalue weighted by atomic mass is 35.5. The van der Waals surface area contributed by atoms with Crippen molar-refractivity contribution in [2.45, 2.75) is 20.0 Å². The third-order valence-corrected chi connectivity index (χ3v) is 4.61. The summed E-state index contributed by atoms with van der Waals surface area (Å²) in [7, 11) is 0. The molecule has 1 aliphatic heterocycles. The van der Waals surface area contributed by atoms with Gasteiger partial charge in [0, 0.05) is 13.1 Å². The van der Waals surface area contributed by atoms with Crippen molar-refractivity contribution in [2.24, 2.45) is 11.8 Å². The van der Waals surface area contributed by atoms with E-state index in [1.54, 1.807) is 25.1 Å². The fraction of sp³-hybridized carbons (Fsp3) is 0.467. The molecule has 2 rings (SSSR count). The Morgan fingerprint density at radius 1 is 1.36 bits per heavy atom. The first-order valence-corrected chi connectivity index (χ1v) is 7.69. The van der Waals surface area contributed by atoms with Crippen LogP contribution in [0.1, 0.15) is 13.8 Å². The van der Waals surface area contributed by atoms with E-state index < -0.39 is 18.0 Å². The standard InChI is InChI=1S/C15H17Cl2NO4/c1-8-6-18(7-10(8)15(20)21)14(19)9(2)22-12-5-3-4-11(16)13(12)17/h3-5,8-10H,6-7H2,1-2H3,(H,20,21)/t8-,9?,10-/m1/s1. The van der Waals surface area contributed by atoms with Crippen molar-refractivity contribution in [3.8, 4) is 5.75 Å². The fourth-order valence-corrected chi connectivity index (χ4v) is 2.88. The molecule has 1 amide bonds. The maximum absolute atomic E-state index is 12.4. The molecule has 1 N–H and O–H groups in total. The zero-order chi connectivity index (χ0) is 16.4. The number of hydrogen-bond donors (Lipinski definition) is 1. The van der Waals surface area contributed by atoms with Crippen LogP contribution in [0.3, 0.4) is 0 Å². The van der Waals surface area contributed by atoms with Gasteiger partial charge in [-0.25, -0.2) is 0 Å². The molecule has 7 heteroatoms. The normalized spacial score (nSPS) is 22.5. The SMILES string of the molecule is CC(Oc1cccc(Cl)c1Cl)C(=O)N1C[C@@H](C)[C@H](C(=O)O)C1. The minimum atomic E-state index is -0.880. The number of carboxylic acids is 1. The topological polar surface area (TPSA) is 66.8 Å². The van der Waals surface area contributed by atoms with Crippen LogP contribution in [0.4, 0.5) is 0 Å². The fourth-order valence-electron chi connectivity index (χ4n) is 2.54. The van der Waals surface area contributed by atoms with Gasteiger partial charge in [-0.05, 0) is 25.0 Å². The molecule has 3 atom stereocenters. The summed E-state index contributed by atoms with van der Waals surface area (Å²) in [5.74, 6) is -1.42. The first-order valence-electron chi connectivity index (χ1n) is 6.93. The second-order valence-electron chi connectivity index (χ2n) is 5.48. The van der Waals surface area contributed by atoms with E-state index in [4.69, 9.17) is 33.0 Å². The molecule has 1 heterocycles. The molecule has 0 aliphatic carbocycles. The van der Waals surface area contributed by atoms with Gasteiger partial charge >= 0.3 is 5.97 Å². The molecule has 5 nitrogen and oxygen atoms in total. The second kappa shape index (κ2) is 6.75. The van der Waals surface area contributed by atoms with Crippen LogP contribution in [0, 0.1) is 11.8 Å². The van der Waals surface area contributed by atoms with E-state index in [1.807, 2.05) is 6.92 Å². The van der Waals surface area contributed by atoms with Crippen LogP contribution in [0.5, 0.6) is 5.75 Å². The van der Waals surface area contributed by atoms with Gasteiger partial charge in [0.15, 0.2) is 6.10 Å². The third kappa shape index (κ3) is 3.47. The van der Waals surface area contributed by atoms with E-state index in [0.717, 1.165) is 0 Å². The molecule has 0 radical (unpaired) electrons. The van der Waals surface area contributed by atoms with Crippen LogP contribution in [0.15, 0.2) is 18.2 Å². The van der Waals surface area contributed by atoms with Gasteiger partial charge in [-0.2, -0.15) is 0 Å². The van der Waals surface area contributed by atoms with E-state index in [9.17, 15) is 9.59 Å². The van der Waals surface area contributed by atoms with E-state index >= 15 is 0 Å². The Hall–Kier alpha value is -1.46. The summed E-state index contributed by atoms with van der Waals surface area (Å²) in [6.07, 6.45) is -0.768. The number of rotatable bonds is 4. The monoisotopic (exact) mass is 345 g/mol. The van der Waals surface area contributed by atoms with Crippen LogP contribution in [0.2, 0.25) is 10.0 Å². The Kier molecular flexibility index (Phi) is 5.19. The number of likely N-dealkylation sites (tertiary alicyclic amines) is 1. The van der Waals surface area contributed by atoms with Gasteiger partial charge in [-0.1, -0.05) is 36.2 Å². The molecule has 1 aliphatic rings. The van der Waals surface area contributed by atoms with Crippen molar-refractivity contribution in [3.63, 3.8) is 0 Å². The number of amides is 1. The molecule has 22 heavy (non-hydrogen) atoms. The second-order valence-corrected chi connectivity index (χ2v) is 6.26. The van der Waals surface area contributed by atoms with Crippen molar-refractivity contribution < 1.29 is 19.4 Å². The third-order valence-electron chi connectivity index (χ3n) is 3.81. The van der Waals surface area contributed by atoms with Crippen molar-refractivity contribution >= 4 is 35.1 Å². The van der Waals surface area contributed by atoms with Gasteiger partial charge in [0.1, 0.15) is 10.8 Å². The van der Waals surface area contributed by atoms with Gasteiger partial charge in [0.05, 0.1) is 10.9 Å². The number of carboxylic acid groups (broad SMARTS) is 1. The minimum Gasteiger partial charge on any atom is -0.481 e.